The molecule has 1 atom stereocenters. The summed E-state index contributed by atoms with van der Waals surface area (Å²) >= 11 is 0. The molecule has 1 heterocycles. The summed E-state index contributed by atoms with van der Waals surface area (Å²) < 4.78 is 38.0. The zero-order valence-corrected chi connectivity index (χ0v) is 8.03. The van der Waals surface area contributed by atoms with Crippen molar-refractivity contribution in [2.75, 3.05) is 5.75 Å². The average Bonchev–Trinajstić information content (AvgIpc) is 2.05. The van der Waals surface area contributed by atoms with Crippen LogP contribution in [0.25, 0.3) is 0 Å². The molecule has 1 unspecified atom stereocenters. The van der Waals surface area contributed by atoms with Gasteiger partial charge in [0.1, 0.15) is 5.75 Å². The van der Waals surface area contributed by atoms with Crippen molar-refractivity contribution in [2.24, 2.45) is 0 Å². The molecule has 0 aliphatic carbocycles. The van der Waals surface area contributed by atoms with Crippen molar-refractivity contribution in [3.8, 4) is 0 Å². The molecule has 0 bridgehead atoms. The van der Waals surface area contributed by atoms with Crippen LogP contribution in [0.4, 0.5) is 3.89 Å². The van der Waals surface area contributed by atoms with Crippen LogP contribution in [-0.4, -0.2) is 25.9 Å². The van der Waals surface area contributed by atoms with E-state index < -0.39 is 22.1 Å². The Balaban J connectivity index is 2.49. The molecule has 0 spiro atoms. The van der Waals surface area contributed by atoms with E-state index in [-0.39, 0.29) is 5.60 Å². The summed E-state index contributed by atoms with van der Waals surface area (Å²) in [4.78, 5) is 0. The zero-order chi connectivity index (χ0) is 9.41. The highest BCUT2D eigenvalue weighted by Crippen LogP contribution is 2.29. The summed E-state index contributed by atoms with van der Waals surface area (Å²) in [6, 6.07) is 0. The summed E-state index contributed by atoms with van der Waals surface area (Å²) in [5, 5.41) is 0. The molecule has 0 saturated carbocycles. The first kappa shape index (κ1) is 9.92. The van der Waals surface area contributed by atoms with E-state index in [9.17, 15) is 12.3 Å². The van der Waals surface area contributed by atoms with Crippen molar-refractivity contribution in [1.29, 1.82) is 0 Å². The van der Waals surface area contributed by atoms with Crippen molar-refractivity contribution >= 4 is 10.2 Å². The van der Waals surface area contributed by atoms with Gasteiger partial charge in [0.2, 0.25) is 0 Å². The molecule has 1 fully saturated rings. The van der Waals surface area contributed by atoms with Gasteiger partial charge in [0, 0.05) is 0 Å². The standard InChI is InChI=1S/C7H13FO3S/c1-7(2)4-3-6(11-7)5-12(8,9)10/h6H,3-5H2,1-2H3. The highest BCUT2D eigenvalue weighted by molar-refractivity contribution is 7.86. The predicted octanol–water partition coefficient (Wildman–Crippen LogP) is 1.24. The van der Waals surface area contributed by atoms with Gasteiger partial charge in [-0.3, -0.25) is 0 Å². The van der Waals surface area contributed by atoms with Gasteiger partial charge >= 0.3 is 10.2 Å². The average molecular weight is 196 g/mol. The molecule has 1 rings (SSSR count). The van der Waals surface area contributed by atoms with Crippen LogP contribution in [0.2, 0.25) is 0 Å². The van der Waals surface area contributed by atoms with Gasteiger partial charge in [-0.05, 0) is 26.7 Å². The van der Waals surface area contributed by atoms with E-state index in [0.717, 1.165) is 6.42 Å². The Hall–Kier alpha value is -0.160. The third-order valence-corrected chi connectivity index (χ3v) is 2.71. The second-order valence-corrected chi connectivity index (χ2v) is 5.15. The lowest BCUT2D eigenvalue weighted by atomic mass is 10.1. The smallest absolute Gasteiger partial charge is 0.304 e. The number of halogens is 1. The third-order valence-electron chi connectivity index (χ3n) is 1.94. The molecule has 0 radical (unpaired) electrons. The summed E-state index contributed by atoms with van der Waals surface area (Å²) in [5.74, 6) is -0.504. The van der Waals surface area contributed by atoms with E-state index in [1.54, 1.807) is 0 Å². The molecule has 0 aromatic heterocycles. The second kappa shape index (κ2) is 2.96. The molecular formula is C7H13FO3S. The number of ether oxygens (including phenoxy) is 1. The number of rotatable bonds is 2. The van der Waals surface area contributed by atoms with Gasteiger partial charge in [0.15, 0.2) is 0 Å². The molecule has 1 aliphatic rings. The highest BCUT2D eigenvalue weighted by atomic mass is 32.3. The monoisotopic (exact) mass is 196 g/mol. The van der Waals surface area contributed by atoms with Crippen molar-refractivity contribution < 1.29 is 17.0 Å². The van der Waals surface area contributed by atoms with Crippen LogP contribution < -0.4 is 0 Å². The van der Waals surface area contributed by atoms with Crippen LogP contribution in [0.3, 0.4) is 0 Å². The molecule has 5 heteroatoms. The third kappa shape index (κ3) is 3.06. The Labute approximate surface area is 72.1 Å². The Bertz CT molecular complexity index is 258. The Morgan fingerprint density at radius 3 is 2.50 bits per heavy atom. The van der Waals surface area contributed by atoms with Gasteiger partial charge < -0.3 is 4.74 Å². The van der Waals surface area contributed by atoms with Crippen LogP contribution in [0.1, 0.15) is 26.7 Å². The summed E-state index contributed by atoms with van der Waals surface area (Å²) in [6.45, 7) is 3.75. The molecule has 1 aliphatic heterocycles. The van der Waals surface area contributed by atoms with E-state index in [4.69, 9.17) is 4.74 Å². The van der Waals surface area contributed by atoms with Gasteiger partial charge in [-0.1, -0.05) is 0 Å². The highest BCUT2D eigenvalue weighted by Gasteiger charge is 2.34. The molecule has 0 N–H and O–H groups in total. The van der Waals surface area contributed by atoms with Gasteiger partial charge in [0.25, 0.3) is 0 Å². The predicted molar refractivity (Wildman–Crippen MR) is 43.1 cm³/mol. The van der Waals surface area contributed by atoms with Crippen molar-refractivity contribution in [3.63, 3.8) is 0 Å². The molecule has 0 aromatic carbocycles. The van der Waals surface area contributed by atoms with Crippen LogP contribution in [-0.2, 0) is 15.0 Å². The molecule has 3 nitrogen and oxygen atoms in total. The van der Waals surface area contributed by atoms with Crippen molar-refractivity contribution in [3.05, 3.63) is 0 Å². The topological polar surface area (TPSA) is 43.4 Å². The quantitative estimate of drug-likeness (QED) is 0.624. The number of hydrogen-bond donors (Lipinski definition) is 0. The van der Waals surface area contributed by atoms with E-state index >= 15 is 0 Å². The lowest BCUT2D eigenvalue weighted by molar-refractivity contribution is -0.00553. The minimum atomic E-state index is -4.38. The first-order chi connectivity index (χ1) is 5.29. The first-order valence-electron chi connectivity index (χ1n) is 3.89. The van der Waals surface area contributed by atoms with Crippen LogP contribution >= 0.6 is 0 Å². The molecule has 1 saturated heterocycles. The largest absolute Gasteiger partial charge is 0.371 e. The minimum Gasteiger partial charge on any atom is -0.371 e. The van der Waals surface area contributed by atoms with E-state index in [0.29, 0.717) is 6.42 Å². The van der Waals surface area contributed by atoms with Crippen molar-refractivity contribution in [1.82, 2.24) is 0 Å². The second-order valence-electron chi connectivity index (χ2n) is 3.74. The van der Waals surface area contributed by atoms with Gasteiger partial charge in [0.05, 0.1) is 11.7 Å². The van der Waals surface area contributed by atoms with E-state index in [1.165, 1.54) is 0 Å². The minimum absolute atomic E-state index is 0.296. The molecule has 12 heavy (non-hydrogen) atoms. The summed E-state index contributed by atoms with van der Waals surface area (Å²) in [6.07, 6.45) is 0.943. The fraction of sp³-hybridized carbons (Fsp3) is 1.00. The van der Waals surface area contributed by atoms with E-state index in [1.807, 2.05) is 13.8 Å². The number of hydrogen-bond acceptors (Lipinski definition) is 3. The van der Waals surface area contributed by atoms with E-state index in [2.05, 4.69) is 0 Å². The van der Waals surface area contributed by atoms with Gasteiger partial charge in [-0.25, -0.2) is 0 Å². The molecule has 0 amide bonds. The van der Waals surface area contributed by atoms with Crippen molar-refractivity contribution in [2.45, 2.75) is 38.4 Å². The maximum absolute atomic E-state index is 12.2. The Morgan fingerprint density at radius 2 is 2.17 bits per heavy atom. The SMILES string of the molecule is CC1(C)CCC(CS(=O)(=O)F)O1. The van der Waals surface area contributed by atoms with Crippen LogP contribution in [0.15, 0.2) is 0 Å². The lowest BCUT2D eigenvalue weighted by Gasteiger charge is -2.18. The van der Waals surface area contributed by atoms with Crippen LogP contribution in [0, 0.1) is 0 Å². The van der Waals surface area contributed by atoms with Gasteiger partial charge in [-0.2, -0.15) is 8.42 Å². The molecular weight excluding hydrogens is 183 g/mol. The lowest BCUT2D eigenvalue weighted by Crippen LogP contribution is -2.23. The molecule has 0 aromatic rings. The fourth-order valence-corrected chi connectivity index (χ4v) is 2.10. The Kier molecular flexibility index (Phi) is 2.45. The van der Waals surface area contributed by atoms with Gasteiger partial charge in [-0.15, -0.1) is 3.89 Å². The maximum Gasteiger partial charge on any atom is 0.304 e. The summed E-state index contributed by atoms with van der Waals surface area (Å²) in [5.41, 5.74) is -0.296. The first-order valence-corrected chi connectivity index (χ1v) is 5.44. The van der Waals surface area contributed by atoms with Crippen LogP contribution in [0.5, 0.6) is 0 Å². The maximum atomic E-state index is 12.2. The Morgan fingerprint density at radius 1 is 1.58 bits per heavy atom. The fourth-order valence-electron chi connectivity index (χ4n) is 1.42. The summed E-state index contributed by atoms with van der Waals surface area (Å²) in [7, 11) is -4.38. The normalized spacial score (nSPS) is 29.1. The zero-order valence-electron chi connectivity index (χ0n) is 7.21. The molecule has 72 valence electrons.